The molecule has 2 nitrogen and oxygen atoms in total. The van der Waals surface area contributed by atoms with Crippen LogP contribution < -0.4 is 0 Å². The van der Waals surface area contributed by atoms with Crippen molar-refractivity contribution in [1.29, 1.82) is 0 Å². The van der Waals surface area contributed by atoms with Crippen molar-refractivity contribution in [3.63, 3.8) is 0 Å². The summed E-state index contributed by atoms with van der Waals surface area (Å²) in [6.07, 6.45) is 5.78. The van der Waals surface area contributed by atoms with E-state index in [2.05, 4.69) is 24.8 Å². The molecular weight excluding hydrogens is 138 g/mol. The van der Waals surface area contributed by atoms with Gasteiger partial charge in [0.15, 0.2) is 0 Å². The van der Waals surface area contributed by atoms with E-state index in [-0.39, 0.29) is 0 Å². The first-order chi connectivity index (χ1) is 5.38. The van der Waals surface area contributed by atoms with Gasteiger partial charge in [-0.2, -0.15) is 0 Å². The molecule has 0 unspecified atom stereocenters. The van der Waals surface area contributed by atoms with Crippen LogP contribution >= 0.6 is 0 Å². The van der Waals surface area contributed by atoms with Crippen molar-refractivity contribution in [1.82, 2.24) is 4.90 Å². The first-order valence-corrected chi connectivity index (χ1v) is 4.10. The molecule has 0 radical (unpaired) electrons. The van der Waals surface area contributed by atoms with Crippen molar-refractivity contribution in [3.05, 3.63) is 24.1 Å². The number of ether oxygens (including phenoxy) is 1. The zero-order valence-electron chi connectivity index (χ0n) is 7.21. The molecule has 0 bridgehead atoms. The van der Waals surface area contributed by atoms with Gasteiger partial charge in [0.2, 0.25) is 0 Å². The Balaban J connectivity index is 2.56. The van der Waals surface area contributed by atoms with E-state index in [0.29, 0.717) is 0 Å². The lowest BCUT2D eigenvalue weighted by Gasteiger charge is -2.24. The molecule has 0 aromatic carbocycles. The van der Waals surface area contributed by atoms with Gasteiger partial charge in [0.25, 0.3) is 0 Å². The van der Waals surface area contributed by atoms with Gasteiger partial charge in [-0.05, 0) is 26.0 Å². The minimum atomic E-state index is 0.720. The fraction of sp³-hybridized carbons (Fsp3) is 0.556. The Kier molecular flexibility index (Phi) is 3.02. The SMILES string of the molecule is CCN(CC)C1=CC=COC1. The van der Waals surface area contributed by atoms with Crippen LogP contribution in [-0.2, 0) is 4.74 Å². The van der Waals surface area contributed by atoms with Crippen molar-refractivity contribution in [3.8, 4) is 0 Å². The van der Waals surface area contributed by atoms with E-state index >= 15 is 0 Å². The van der Waals surface area contributed by atoms with Gasteiger partial charge in [-0.15, -0.1) is 0 Å². The van der Waals surface area contributed by atoms with Crippen molar-refractivity contribution in [2.45, 2.75) is 13.8 Å². The van der Waals surface area contributed by atoms with Gasteiger partial charge in [-0.25, -0.2) is 0 Å². The molecule has 0 saturated carbocycles. The largest absolute Gasteiger partial charge is 0.495 e. The van der Waals surface area contributed by atoms with Crippen LogP contribution in [0.4, 0.5) is 0 Å². The summed E-state index contributed by atoms with van der Waals surface area (Å²) in [6.45, 7) is 7.14. The number of allylic oxidation sites excluding steroid dienone is 2. The van der Waals surface area contributed by atoms with Gasteiger partial charge in [0, 0.05) is 13.1 Å². The van der Waals surface area contributed by atoms with Gasteiger partial charge in [0.1, 0.15) is 6.61 Å². The summed E-state index contributed by atoms with van der Waals surface area (Å²) in [5, 5.41) is 0. The maximum atomic E-state index is 5.18. The van der Waals surface area contributed by atoms with Crippen LogP contribution in [0.2, 0.25) is 0 Å². The van der Waals surface area contributed by atoms with Crippen LogP contribution in [0.3, 0.4) is 0 Å². The monoisotopic (exact) mass is 153 g/mol. The average molecular weight is 153 g/mol. The van der Waals surface area contributed by atoms with E-state index in [1.807, 2.05) is 6.08 Å². The second-order valence-electron chi connectivity index (χ2n) is 2.47. The maximum absolute atomic E-state index is 5.18. The molecule has 11 heavy (non-hydrogen) atoms. The van der Waals surface area contributed by atoms with E-state index in [4.69, 9.17) is 4.74 Å². The molecule has 1 aliphatic heterocycles. The van der Waals surface area contributed by atoms with Gasteiger partial charge >= 0.3 is 0 Å². The molecule has 1 heterocycles. The predicted molar refractivity (Wildman–Crippen MR) is 46.1 cm³/mol. The van der Waals surface area contributed by atoms with Gasteiger partial charge in [0.05, 0.1) is 12.0 Å². The topological polar surface area (TPSA) is 12.5 Å². The lowest BCUT2D eigenvalue weighted by atomic mass is 10.3. The molecule has 0 aliphatic carbocycles. The Morgan fingerprint density at radius 2 is 2.18 bits per heavy atom. The first kappa shape index (κ1) is 8.18. The maximum Gasteiger partial charge on any atom is 0.127 e. The summed E-state index contributed by atoms with van der Waals surface area (Å²) in [6, 6.07) is 0. The standard InChI is InChI=1S/C9H15NO/c1-3-10(4-2)9-6-5-7-11-8-9/h5-7H,3-4,8H2,1-2H3. The third kappa shape index (κ3) is 2.00. The zero-order chi connectivity index (χ0) is 8.10. The first-order valence-electron chi connectivity index (χ1n) is 4.10. The van der Waals surface area contributed by atoms with E-state index in [0.717, 1.165) is 19.7 Å². The molecule has 0 amide bonds. The third-order valence-corrected chi connectivity index (χ3v) is 1.86. The Labute approximate surface area is 68.1 Å². The Morgan fingerprint density at radius 1 is 1.45 bits per heavy atom. The highest BCUT2D eigenvalue weighted by atomic mass is 16.5. The summed E-state index contributed by atoms with van der Waals surface area (Å²) in [5.41, 5.74) is 1.28. The number of rotatable bonds is 3. The molecule has 0 fully saturated rings. The smallest absolute Gasteiger partial charge is 0.127 e. The summed E-state index contributed by atoms with van der Waals surface area (Å²) >= 11 is 0. The molecule has 2 heteroatoms. The van der Waals surface area contributed by atoms with Crippen molar-refractivity contribution in [2.75, 3.05) is 19.7 Å². The van der Waals surface area contributed by atoms with Crippen LogP contribution in [-0.4, -0.2) is 24.6 Å². The number of nitrogens with zero attached hydrogens (tertiary/aromatic N) is 1. The second kappa shape index (κ2) is 4.06. The lowest BCUT2D eigenvalue weighted by molar-refractivity contribution is 0.227. The highest BCUT2D eigenvalue weighted by molar-refractivity contribution is 5.14. The lowest BCUT2D eigenvalue weighted by Crippen LogP contribution is -2.25. The number of hydrogen-bond donors (Lipinski definition) is 0. The van der Waals surface area contributed by atoms with Crippen molar-refractivity contribution < 1.29 is 4.74 Å². The molecular formula is C9H15NO. The molecule has 0 N–H and O–H groups in total. The second-order valence-corrected chi connectivity index (χ2v) is 2.47. The molecule has 0 aromatic heterocycles. The molecule has 0 aromatic rings. The Morgan fingerprint density at radius 3 is 2.64 bits per heavy atom. The molecule has 1 rings (SSSR count). The van der Waals surface area contributed by atoms with E-state index in [9.17, 15) is 0 Å². The minimum Gasteiger partial charge on any atom is -0.495 e. The summed E-state index contributed by atoms with van der Waals surface area (Å²) in [4.78, 5) is 2.30. The predicted octanol–water partition coefficient (Wildman–Crippen LogP) is 1.76. The van der Waals surface area contributed by atoms with E-state index in [1.165, 1.54) is 5.70 Å². The fourth-order valence-electron chi connectivity index (χ4n) is 1.21. The van der Waals surface area contributed by atoms with Crippen molar-refractivity contribution >= 4 is 0 Å². The number of likely N-dealkylation sites (N-methyl/N-ethyl adjacent to an activating group) is 1. The third-order valence-electron chi connectivity index (χ3n) is 1.86. The average Bonchev–Trinajstić information content (AvgIpc) is 2.09. The zero-order valence-corrected chi connectivity index (χ0v) is 7.21. The summed E-state index contributed by atoms with van der Waals surface area (Å²) in [7, 11) is 0. The van der Waals surface area contributed by atoms with Gasteiger partial charge < -0.3 is 9.64 Å². The number of hydrogen-bond acceptors (Lipinski definition) is 2. The highest BCUT2D eigenvalue weighted by Crippen LogP contribution is 2.08. The van der Waals surface area contributed by atoms with Crippen molar-refractivity contribution in [2.24, 2.45) is 0 Å². The molecule has 0 spiro atoms. The quantitative estimate of drug-likeness (QED) is 0.612. The van der Waals surface area contributed by atoms with Gasteiger partial charge in [-0.3, -0.25) is 0 Å². The van der Waals surface area contributed by atoms with Crippen LogP contribution in [0, 0.1) is 0 Å². The molecule has 0 atom stereocenters. The summed E-state index contributed by atoms with van der Waals surface area (Å²) in [5.74, 6) is 0. The van der Waals surface area contributed by atoms with Crippen LogP contribution in [0.15, 0.2) is 24.1 Å². The Hall–Kier alpha value is -0.920. The molecule has 1 aliphatic rings. The van der Waals surface area contributed by atoms with Gasteiger partial charge in [-0.1, -0.05) is 0 Å². The van der Waals surface area contributed by atoms with Crippen LogP contribution in [0.25, 0.3) is 0 Å². The van der Waals surface area contributed by atoms with E-state index < -0.39 is 0 Å². The minimum absolute atomic E-state index is 0.720. The summed E-state index contributed by atoms with van der Waals surface area (Å²) < 4.78 is 5.18. The normalized spacial score (nSPS) is 15.6. The van der Waals surface area contributed by atoms with Crippen LogP contribution in [0.1, 0.15) is 13.8 Å². The fourth-order valence-corrected chi connectivity index (χ4v) is 1.21. The molecule has 62 valence electrons. The Bertz CT molecular complexity index is 168. The van der Waals surface area contributed by atoms with Crippen LogP contribution in [0.5, 0.6) is 0 Å². The molecule has 0 saturated heterocycles. The van der Waals surface area contributed by atoms with E-state index in [1.54, 1.807) is 6.26 Å². The highest BCUT2D eigenvalue weighted by Gasteiger charge is 2.05.